The van der Waals surface area contributed by atoms with E-state index in [4.69, 9.17) is 28.2 Å². The highest BCUT2D eigenvalue weighted by atomic mass is 35.5. The third-order valence-electron chi connectivity index (χ3n) is 5.77. The van der Waals surface area contributed by atoms with Crippen molar-refractivity contribution in [2.75, 3.05) is 5.32 Å². The average Bonchev–Trinajstić information content (AvgIpc) is 3.47. The molecule has 1 N–H and O–H groups in total. The van der Waals surface area contributed by atoms with Crippen LogP contribution in [0.4, 0.5) is 5.82 Å². The summed E-state index contributed by atoms with van der Waals surface area (Å²) < 4.78 is 7.34. The molecule has 4 rings (SSSR count). The molecule has 0 bridgehead atoms. The fourth-order valence-electron chi connectivity index (χ4n) is 3.94. The van der Waals surface area contributed by atoms with Crippen LogP contribution in [0.15, 0.2) is 56.8 Å². The van der Waals surface area contributed by atoms with Gasteiger partial charge < -0.3 is 9.73 Å². The van der Waals surface area contributed by atoms with Gasteiger partial charge in [-0.15, -0.1) is 0 Å². The lowest BCUT2D eigenvalue weighted by Crippen LogP contribution is -2.28. The number of furan rings is 1. The monoisotopic (exact) mass is 538 g/mol. The van der Waals surface area contributed by atoms with Crippen LogP contribution >= 0.6 is 35.6 Å². The van der Waals surface area contributed by atoms with Crippen molar-refractivity contribution in [3.63, 3.8) is 0 Å². The van der Waals surface area contributed by atoms with E-state index in [1.54, 1.807) is 42.0 Å². The minimum Gasteiger partial charge on any atom is -0.467 e. The summed E-state index contributed by atoms with van der Waals surface area (Å²) >= 11 is 13.0. The number of amides is 1. The Labute approximate surface area is 223 Å². The van der Waals surface area contributed by atoms with E-state index in [0.29, 0.717) is 56.5 Å². The summed E-state index contributed by atoms with van der Waals surface area (Å²) in [7, 11) is 0. The van der Waals surface area contributed by atoms with E-state index in [0.717, 1.165) is 5.56 Å². The highest BCUT2D eigenvalue weighted by Gasteiger charge is 2.33. The van der Waals surface area contributed by atoms with Gasteiger partial charge in [0.15, 0.2) is 0 Å². The van der Waals surface area contributed by atoms with E-state index in [1.807, 2.05) is 31.2 Å². The number of hydrogen-bond donors (Lipinski definition) is 1. The number of thioether (sulfide) groups is 1. The molecule has 1 aliphatic rings. The van der Waals surface area contributed by atoms with Crippen molar-refractivity contribution >= 4 is 57.7 Å². The summed E-state index contributed by atoms with van der Waals surface area (Å²) in [5, 5.41) is 13.7. The number of nitrogens with zero attached hydrogens (tertiary/aromatic N) is 3. The van der Waals surface area contributed by atoms with E-state index in [2.05, 4.69) is 5.32 Å². The van der Waals surface area contributed by atoms with Crippen molar-refractivity contribution in [3.8, 4) is 6.07 Å². The Morgan fingerprint density at radius 2 is 2.03 bits per heavy atom. The maximum absolute atomic E-state index is 13.3. The fourth-order valence-corrected chi connectivity index (χ4v) is 5.38. The summed E-state index contributed by atoms with van der Waals surface area (Å²) in [5.74, 6) is 0.883. The molecule has 36 heavy (non-hydrogen) atoms. The summed E-state index contributed by atoms with van der Waals surface area (Å²) in [5.41, 5.74) is 1.61. The van der Waals surface area contributed by atoms with Crippen LogP contribution in [0.2, 0.25) is 5.02 Å². The number of aromatic nitrogens is 1. The number of pyridine rings is 1. The zero-order valence-electron chi connectivity index (χ0n) is 19.7. The first-order valence-electron chi connectivity index (χ1n) is 11.3. The first kappa shape index (κ1) is 25.8. The molecule has 1 aromatic carbocycles. The number of benzene rings is 1. The third-order valence-corrected chi connectivity index (χ3v) is 7.52. The smallest absolute Gasteiger partial charge is 0.270 e. The molecule has 0 aliphatic carbocycles. The molecule has 1 saturated heterocycles. The minimum absolute atomic E-state index is 0.0454. The van der Waals surface area contributed by atoms with E-state index >= 15 is 0 Å². The molecule has 3 heterocycles. The topological polar surface area (TPSA) is 91.3 Å². The molecule has 0 atom stereocenters. The molecular weight excluding hydrogens is 516 g/mol. The predicted molar refractivity (Wildman–Crippen MR) is 147 cm³/mol. The van der Waals surface area contributed by atoms with Crippen LogP contribution in [0.1, 0.15) is 41.4 Å². The molecule has 184 valence electrons. The quantitative estimate of drug-likeness (QED) is 0.290. The number of halogens is 1. The van der Waals surface area contributed by atoms with Gasteiger partial charge in [-0.3, -0.25) is 19.1 Å². The van der Waals surface area contributed by atoms with Gasteiger partial charge in [0, 0.05) is 23.7 Å². The lowest BCUT2D eigenvalue weighted by atomic mass is 10.0. The van der Waals surface area contributed by atoms with Crippen molar-refractivity contribution in [1.29, 1.82) is 5.26 Å². The van der Waals surface area contributed by atoms with Crippen LogP contribution in [0.5, 0.6) is 0 Å². The molecule has 2 aromatic heterocycles. The second kappa shape index (κ2) is 11.2. The summed E-state index contributed by atoms with van der Waals surface area (Å²) in [6, 6.07) is 13.0. The van der Waals surface area contributed by atoms with Crippen molar-refractivity contribution in [3.05, 3.63) is 91.0 Å². The normalized spacial score (nSPS) is 14.5. The molecule has 1 amide bonds. The Morgan fingerprint density at radius 3 is 2.69 bits per heavy atom. The van der Waals surface area contributed by atoms with Crippen molar-refractivity contribution < 1.29 is 9.21 Å². The van der Waals surface area contributed by atoms with Crippen LogP contribution in [-0.4, -0.2) is 19.7 Å². The number of anilines is 1. The molecule has 0 spiro atoms. The number of carbonyl (C=O) groups excluding carboxylic acids is 1. The Morgan fingerprint density at radius 1 is 1.25 bits per heavy atom. The first-order valence-corrected chi connectivity index (χ1v) is 12.9. The van der Waals surface area contributed by atoms with Crippen molar-refractivity contribution in [2.45, 2.75) is 39.9 Å². The molecule has 0 unspecified atom stereocenters. The zero-order chi connectivity index (χ0) is 25.8. The van der Waals surface area contributed by atoms with Crippen LogP contribution in [0, 0.1) is 18.3 Å². The molecule has 10 heteroatoms. The maximum Gasteiger partial charge on any atom is 0.270 e. The Kier molecular flexibility index (Phi) is 7.99. The molecule has 7 nitrogen and oxygen atoms in total. The molecular formula is C26H23ClN4O3S2. The van der Waals surface area contributed by atoms with Gasteiger partial charge in [-0.1, -0.05) is 60.7 Å². The Balaban J connectivity index is 1.80. The molecule has 0 saturated carbocycles. The molecule has 3 aromatic rings. The lowest BCUT2D eigenvalue weighted by molar-refractivity contribution is -0.122. The van der Waals surface area contributed by atoms with Gasteiger partial charge in [0.25, 0.3) is 11.5 Å². The van der Waals surface area contributed by atoms with Crippen LogP contribution < -0.4 is 10.9 Å². The largest absolute Gasteiger partial charge is 0.467 e. The van der Waals surface area contributed by atoms with E-state index < -0.39 is 0 Å². The average molecular weight is 539 g/mol. The SMILES string of the molecule is CCCn1c(NCc2ccccc2Cl)c(/C=C2/SC(=S)N(Cc3ccco3)C2=O)c(C)c(C#N)c1=O. The minimum atomic E-state index is -0.374. The van der Waals surface area contributed by atoms with Gasteiger partial charge in [0.1, 0.15) is 27.5 Å². The predicted octanol–water partition coefficient (Wildman–Crippen LogP) is 5.70. The fraction of sp³-hybridized carbons (Fsp3) is 0.231. The van der Waals surface area contributed by atoms with Gasteiger partial charge in [0.2, 0.25) is 0 Å². The number of carbonyl (C=O) groups is 1. The number of nitriles is 1. The number of nitrogens with one attached hydrogen (secondary N) is 1. The Hall–Kier alpha value is -3.32. The highest BCUT2D eigenvalue weighted by Crippen LogP contribution is 2.36. The Bertz CT molecular complexity index is 1460. The van der Waals surface area contributed by atoms with Crippen LogP contribution in [0.25, 0.3) is 6.08 Å². The zero-order valence-corrected chi connectivity index (χ0v) is 22.1. The third kappa shape index (κ3) is 5.12. The van der Waals surface area contributed by atoms with Crippen LogP contribution in [0.3, 0.4) is 0 Å². The van der Waals surface area contributed by atoms with E-state index in [1.165, 1.54) is 16.7 Å². The second-order valence-corrected chi connectivity index (χ2v) is 10.2. The van der Waals surface area contributed by atoms with E-state index in [-0.39, 0.29) is 23.6 Å². The van der Waals surface area contributed by atoms with Crippen molar-refractivity contribution in [1.82, 2.24) is 9.47 Å². The van der Waals surface area contributed by atoms with Gasteiger partial charge >= 0.3 is 0 Å². The van der Waals surface area contributed by atoms with Crippen LogP contribution in [-0.2, 0) is 24.4 Å². The highest BCUT2D eigenvalue weighted by molar-refractivity contribution is 8.26. The van der Waals surface area contributed by atoms with Gasteiger partial charge in [0.05, 0.1) is 17.7 Å². The summed E-state index contributed by atoms with van der Waals surface area (Å²) in [6.07, 6.45) is 3.93. The second-order valence-electron chi connectivity index (χ2n) is 8.12. The standard InChI is InChI=1S/C26H23ClN4O3S2/c1-3-10-30-23(29-14-17-7-4-5-9-21(17)27)19(16(2)20(13-28)24(30)32)12-22-25(33)31(26(35)36-22)15-18-8-6-11-34-18/h4-9,11-12,29H,3,10,14-15H2,1-2H3/b22-12+. The number of hydrogen-bond acceptors (Lipinski definition) is 7. The van der Waals surface area contributed by atoms with E-state index in [9.17, 15) is 14.9 Å². The summed E-state index contributed by atoms with van der Waals surface area (Å²) in [4.78, 5) is 28.3. The number of thiocarbonyl (C=S) groups is 1. The molecule has 0 radical (unpaired) electrons. The molecule has 1 aliphatic heterocycles. The lowest BCUT2D eigenvalue weighted by Gasteiger charge is -2.20. The maximum atomic E-state index is 13.3. The van der Waals surface area contributed by atoms with Gasteiger partial charge in [-0.2, -0.15) is 5.26 Å². The van der Waals surface area contributed by atoms with Crippen molar-refractivity contribution in [2.24, 2.45) is 0 Å². The first-order chi connectivity index (χ1) is 17.3. The summed E-state index contributed by atoms with van der Waals surface area (Å²) in [6.45, 7) is 4.65. The molecule has 1 fully saturated rings. The van der Waals surface area contributed by atoms with Gasteiger partial charge in [-0.25, -0.2) is 0 Å². The number of rotatable bonds is 8. The van der Waals surface area contributed by atoms with Gasteiger partial charge in [-0.05, 0) is 48.7 Å².